The first-order chi connectivity index (χ1) is 27.3. The van der Waals surface area contributed by atoms with E-state index in [1.54, 1.807) is 0 Å². The molecule has 55 heavy (non-hydrogen) atoms. The standard InChI is InChI=1S/C52H35N3/c1-7-21-36(22-8-1)43-35-44(37-23-9-2-10-24-37)54-52(53-43)55-45-34-20-19-33-42(45)50-48(40-29-15-5-16-30-40)46(38-25-11-3-12-26-38)47(39-27-13-4-14-28-39)49(51(50)55)41-31-17-6-18-32-41/h1-35H. The van der Waals surface area contributed by atoms with Gasteiger partial charge in [-0.2, -0.15) is 0 Å². The first-order valence-corrected chi connectivity index (χ1v) is 18.7. The third-order valence-electron chi connectivity index (χ3n) is 10.4. The van der Waals surface area contributed by atoms with Gasteiger partial charge in [-0.1, -0.05) is 200 Å². The van der Waals surface area contributed by atoms with Gasteiger partial charge >= 0.3 is 0 Å². The summed E-state index contributed by atoms with van der Waals surface area (Å²) in [4.78, 5) is 10.9. The van der Waals surface area contributed by atoms with Crippen LogP contribution in [0.25, 0.3) is 94.8 Å². The topological polar surface area (TPSA) is 30.7 Å². The van der Waals surface area contributed by atoms with Crippen LogP contribution in [0.1, 0.15) is 0 Å². The van der Waals surface area contributed by atoms with Crippen molar-refractivity contribution in [2.45, 2.75) is 0 Å². The van der Waals surface area contributed by atoms with E-state index >= 15 is 0 Å². The molecule has 0 N–H and O–H groups in total. The Kier molecular flexibility index (Phi) is 8.16. The lowest BCUT2D eigenvalue weighted by atomic mass is 9.80. The van der Waals surface area contributed by atoms with Gasteiger partial charge in [0.25, 0.3) is 0 Å². The van der Waals surface area contributed by atoms with Crippen LogP contribution in [0.3, 0.4) is 0 Å². The predicted octanol–water partition coefficient (Wildman–Crippen LogP) is 13.6. The average Bonchev–Trinajstić information content (AvgIpc) is 3.62. The molecule has 0 amide bonds. The van der Waals surface area contributed by atoms with Crippen LogP contribution in [0.4, 0.5) is 0 Å². The van der Waals surface area contributed by atoms with Gasteiger partial charge in [0.15, 0.2) is 0 Å². The lowest BCUT2D eigenvalue weighted by Gasteiger charge is -2.24. The van der Waals surface area contributed by atoms with Gasteiger partial charge < -0.3 is 0 Å². The molecule has 0 bridgehead atoms. The molecule has 2 aromatic heterocycles. The van der Waals surface area contributed by atoms with Crippen molar-refractivity contribution in [2.75, 3.05) is 0 Å². The summed E-state index contributed by atoms with van der Waals surface area (Å²) in [7, 11) is 0. The molecule has 3 heteroatoms. The van der Waals surface area contributed by atoms with Crippen molar-refractivity contribution in [2.24, 2.45) is 0 Å². The highest BCUT2D eigenvalue weighted by Crippen LogP contribution is 2.53. The Morgan fingerprint density at radius 3 is 1.11 bits per heavy atom. The minimum Gasteiger partial charge on any atom is -0.277 e. The van der Waals surface area contributed by atoms with Crippen LogP contribution in [0, 0.1) is 0 Å². The lowest BCUT2D eigenvalue weighted by molar-refractivity contribution is 0.996. The number of benzene rings is 8. The molecule has 258 valence electrons. The average molecular weight is 702 g/mol. The maximum Gasteiger partial charge on any atom is 0.235 e. The van der Waals surface area contributed by atoms with Crippen molar-refractivity contribution in [3.63, 3.8) is 0 Å². The number of aromatic nitrogens is 3. The molecule has 0 radical (unpaired) electrons. The monoisotopic (exact) mass is 701 g/mol. The lowest BCUT2D eigenvalue weighted by Crippen LogP contribution is -2.06. The maximum absolute atomic E-state index is 5.44. The first-order valence-electron chi connectivity index (χ1n) is 18.7. The summed E-state index contributed by atoms with van der Waals surface area (Å²) >= 11 is 0. The van der Waals surface area contributed by atoms with Gasteiger partial charge in [0.2, 0.25) is 5.95 Å². The summed E-state index contributed by atoms with van der Waals surface area (Å²) in [5, 5.41) is 2.30. The number of fused-ring (bicyclic) bond motifs is 3. The minimum atomic E-state index is 0.620. The molecule has 0 atom stereocenters. The molecular weight excluding hydrogens is 667 g/mol. The molecule has 0 aliphatic heterocycles. The van der Waals surface area contributed by atoms with Crippen LogP contribution in [0.5, 0.6) is 0 Å². The normalized spacial score (nSPS) is 11.3. The molecule has 0 spiro atoms. The SMILES string of the molecule is c1ccc(-c2cc(-c3ccccc3)nc(-n3c4ccccc4c4c(-c5ccccc5)c(-c5ccccc5)c(-c5ccccc5)c(-c5ccccc5)c43)n2)cc1. The highest BCUT2D eigenvalue weighted by Gasteiger charge is 2.29. The van der Waals surface area contributed by atoms with E-state index in [0.717, 1.165) is 77.7 Å². The number of nitrogens with zero attached hydrogens (tertiary/aromatic N) is 3. The van der Waals surface area contributed by atoms with E-state index in [2.05, 4.69) is 205 Å². The van der Waals surface area contributed by atoms with Crippen molar-refractivity contribution in [1.29, 1.82) is 0 Å². The fourth-order valence-corrected chi connectivity index (χ4v) is 8.05. The second-order valence-electron chi connectivity index (χ2n) is 13.7. The fourth-order valence-electron chi connectivity index (χ4n) is 8.05. The second-order valence-corrected chi connectivity index (χ2v) is 13.7. The highest BCUT2D eigenvalue weighted by molar-refractivity contribution is 6.26. The summed E-state index contributed by atoms with van der Waals surface area (Å²) in [5.74, 6) is 0.620. The third-order valence-corrected chi connectivity index (χ3v) is 10.4. The molecule has 2 heterocycles. The zero-order valence-corrected chi connectivity index (χ0v) is 30.0. The summed E-state index contributed by atoms with van der Waals surface area (Å²) in [6.45, 7) is 0. The summed E-state index contributed by atoms with van der Waals surface area (Å²) in [5.41, 5.74) is 15.1. The van der Waals surface area contributed by atoms with E-state index in [4.69, 9.17) is 9.97 Å². The summed E-state index contributed by atoms with van der Waals surface area (Å²) in [6.07, 6.45) is 0. The Labute approximate surface area is 320 Å². The van der Waals surface area contributed by atoms with Gasteiger partial charge in [0, 0.05) is 38.6 Å². The molecule has 3 nitrogen and oxygen atoms in total. The Morgan fingerprint density at radius 1 is 0.309 bits per heavy atom. The van der Waals surface area contributed by atoms with Crippen LogP contribution in [0.15, 0.2) is 212 Å². The summed E-state index contributed by atoms with van der Waals surface area (Å²) < 4.78 is 2.32. The van der Waals surface area contributed by atoms with Crippen LogP contribution >= 0.6 is 0 Å². The number of hydrogen-bond donors (Lipinski definition) is 0. The van der Waals surface area contributed by atoms with E-state index in [9.17, 15) is 0 Å². The van der Waals surface area contributed by atoms with Gasteiger partial charge in [-0.05, 0) is 39.9 Å². The zero-order chi connectivity index (χ0) is 36.6. The fraction of sp³-hybridized carbons (Fsp3) is 0. The van der Waals surface area contributed by atoms with Crippen LogP contribution in [-0.4, -0.2) is 14.5 Å². The quantitative estimate of drug-likeness (QED) is 0.166. The van der Waals surface area contributed by atoms with Gasteiger partial charge in [-0.3, -0.25) is 4.57 Å². The van der Waals surface area contributed by atoms with Gasteiger partial charge in [-0.15, -0.1) is 0 Å². The van der Waals surface area contributed by atoms with Crippen molar-refractivity contribution in [3.05, 3.63) is 212 Å². The molecule has 0 saturated carbocycles. The number of hydrogen-bond acceptors (Lipinski definition) is 2. The molecule has 10 aromatic rings. The van der Waals surface area contributed by atoms with E-state index in [0.29, 0.717) is 5.95 Å². The molecule has 10 rings (SSSR count). The van der Waals surface area contributed by atoms with E-state index < -0.39 is 0 Å². The van der Waals surface area contributed by atoms with E-state index in [1.807, 2.05) is 12.1 Å². The first kappa shape index (κ1) is 32.3. The molecule has 0 unspecified atom stereocenters. The smallest absolute Gasteiger partial charge is 0.235 e. The number of rotatable bonds is 7. The molecule has 0 fully saturated rings. The third kappa shape index (κ3) is 5.70. The Morgan fingerprint density at radius 2 is 0.655 bits per heavy atom. The summed E-state index contributed by atoms with van der Waals surface area (Å²) in [6, 6.07) is 75.1. The zero-order valence-electron chi connectivity index (χ0n) is 30.0. The van der Waals surface area contributed by atoms with Crippen LogP contribution in [0.2, 0.25) is 0 Å². The van der Waals surface area contributed by atoms with Crippen LogP contribution < -0.4 is 0 Å². The molecule has 8 aromatic carbocycles. The van der Waals surface area contributed by atoms with Crippen molar-refractivity contribution < 1.29 is 0 Å². The molecule has 0 aliphatic carbocycles. The molecular formula is C52H35N3. The van der Waals surface area contributed by atoms with E-state index in [1.165, 1.54) is 11.1 Å². The van der Waals surface area contributed by atoms with Gasteiger partial charge in [0.1, 0.15) is 0 Å². The Hall–Kier alpha value is -7.36. The number of para-hydroxylation sites is 1. The van der Waals surface area contributed by atoms with Crippen LogP contribution in [-0.2, 0) is 0 Å². The predicted molar refractivity (Wildman–Crippen MR) is 229 cm³/mol. The largest absolute Gasteiger partial charge is 0.277 e. The van der Waals surface area contributed by atoms with Crippen molar-refractivity contribution >= 4 is 21.8 Å². The molecule has 0 saturated heterocycles. The van der Waals surface area contributed by atoms with E-state index in [-0.39, 0.29) is 0 Å². The second kappa shape index (κ2) is 13.9. The van der Waals surface area contributed by atoms with Gasteiger partial charge in [0.05, 0.1) is 22.4 Å². The Bertz CT molecular complexity index is 2860. The maximum atomic E-state index is 5.44. The van der Waals surface area contributed by atoms with Crippen molar-refractivity contribution in [1.82, 2.24) is 14.5 Å². The molecule has 0 aliphatic rings. The van der Waals surface area contributed by atoms with Gasteiger partial charge in [-0.25, -0.2) is 9.97 Å². The highest BCUT2D eigenvalue weighted by atomic mass is 15.2. The Balaban J connectivity index is 1.47. The van der Waals surface area contributed by atoms with Crippen molar-refractivity contribution in [3.8, 4) is 73.0 Å². The minimum absolute atomic E-state index is 0.620.